The van der Waals surface area contributed by atoms with Gasteiger partial charge >= 0.3 is 14.2 Å². The molecule has 0 amide bonds. The zero-order valence-corrected chi connectivity index (χ0v) is 11.6. The molecule has 6 heteroatoms. The Balaban J connectivity index is 0.000000200. The van der Waals surface area contributed by atoms with Crippen molar-refractivity contribution in [1.29, 1.82) is 0 Å². The Labute approximate surface area is 119 Å². The van der Waals surface area contributed by atoms with Gasteiger partial charge in [0.2, 0.25) is 0 Å². The van der Waals surface area contributed by atoms with Crippen molar-refractivity contribution in [3.05, 3.63) is 59.7 Å². The summed E-state index contributed by atoms with van der Waals surface area (Å²) in [6.45, 7) is 3.75. The Morgan fingerprint density at radius 2 is 1.40 bits per heavy atom. The highest BCUT2D eigenvalue weighted by molar-refractivity contribution is 6.59. The van der Waals surface area contributed by atoms with Crippen molar-refractivity contribution in [2.24, 2.45) is 0 Å². The molecule has 4 N–H and O–H groups in total. The first-order valence-corrected chi connectivity index (χ1v) is 6.26. The first-order valence-electron chi connectivity index (χ1n) is 6.26. The summed E-state index contributed by atoms with van der Waals surface area (Å²) in [5, 5.41) is 34.9. The van der Waals surface area contributed by atoms with Crippen LogP contribution in [0.1, 0.15) is 11.1 Å². The van der Waals surface area contributed by atoms with E-state index in [0.717, 1.165) is 11.1 Å². The van der Waals surface area contributed by atoms with Crippen molar-refractivity contribution in [3.8, 4) is 0 Å². The molecule has 0 aliphatic rings. The third kappa shape index (κ3) is 5.19. The van der Waals surface area contributed by atoms with E-state index in [4.69, 9.17) is 20.1 Å². The van der Waals surface area contributed by atoms with E-state index in [1.165, 1.54) is 0 Å². The predicted molar refractivity (Wildman–Crippen MR) is 82.0 cm³/mol. The predicted octanol–water partition coefficient (Wildman–Crippen LogP) is -0.650. The summed E-state index contributed by atoms with van der Waals surface area (Å²) in [4.78, 5) is 0. The molecule has 2 aromatic rings. The van der Waals surface area contributed by atoms with Crippen molar-refractivity contribution in [1.82, 2.24) is 0 Å². The average molecular weight is 272 g/mol. The molecule has 0 saturated heterocycles. The van der Waals surface area contributed by atoms with Crippen LogP contribution in [-0.2, 0) is 0 Å². The number of benzene rings is 2. The second kappa shape index (κ2) is 7.87. The van der Waals surface area contributed by atoms with Crippen LogP contribution in [0.25, 0.3) is 0 Å². The van der Waals surface area contributed by atoms with E-state index in [0.29, 0.717) is 10.9 Å². The van der Waals surface area contributed by atoms with Crippen LogP contribution in [0, 0.1) is 13.8 Å². The van der Waals surface area contributed by atoms with Crippen LogP contribution in [-0.4, -0.2) is 34.3 Å². The Morgan fingerprint density at radius 3 is 1.80 bits per heavy atom. The average Bonchev–Trinajstić information content (AvgIpc) is 2.39. The van der Waals surface area contributed by atoms with Gasteiger partial charge in [0, 0.05) is 0 Å². The maximum absolute atomic E-state index is 8.76. The fourth-order valence-electron chi connectivity index (χ4n) is 1.71. The molecular formula is C14H18B2O4. The summed E-state index contributed by atoms with van der Waals surface area (Å²) in [7, 11) is -2.69. The molecule has 0 bridgehead atoms. The first kappa shape index (κ1) is 16.5. The lowest BCUT2D eigenvalue weighted by molar-refractivity contribution is 0.424. The molecule has 20 heavy (non-hydrogen) atoms. The molecule has 0 heterocycles. The lowest BCUT2D eigenvalue weighted by atomic mass is 9.77. The highest BCUT2D eigenvalue weighted by atomic mass is 16.4. The number of hydrogen-bond acceptors (Lipinski definition) is 4. The van der Waals surface area contributed by atoms with Crippen molar-refractivity contribution in [3.63, 3.8) is 0 Å². The van der Waals surface area contributed by atoms with Gasteiger partial charge < -0.3 is 20.1 Å². The molecule has 2 aromatic carbocycles. The monoisotopic (exact) mass is 272 g/mol. The maximum atomic E-state index is 8.76. The van der Waals surface area contributed by atoms with Gasteiger partial charge in [0.05, 0.1) is 0 Å². The van der Waals surface area contributed by atoms with Crippen LogP contribution in [0.2, 0.25) is 0 Å². The van der Waals surface area contributed by atoms with Gasteiger partial charge in [-0.3, -0.25) is 0 Å². The van der Waals surface area contributed by atoms with Crippen molar-refractivity contribution in [2.45, 2.75) is 13.8 Å². The van der Waals surface area contributed by atoms with Crippen LogP contribution in [0.3, 0.4) is 0 Å². The molecule has 0 unspecified atom stereocenters. The summed E-state index contributed by atoms with van der Waals surface area (Å²) in [6.07, 6.45) is 0. The number of aryl methyl sites for hydroxylation is 2. The van der Waals surface area contributed by atoms with Gasteiger partial charge in [0.1, 0.15) is 0 Å². The molecule has 0 radical (unpaired) electrons. The van der Waals surface area contributed by atoms with Gasteiger partial charge in [-0.2, -0.15) is 0 Å². The second-order valence-corrected chi connectivity index (χ2v) is 4.52. The fraction of sp³-hybridized carbons (Fsp3) is 0.143. The van der Waals surface area contributed by atoms with Crippen molar-refractivity contribution in [2.75, 3.05) is 0 Å². The highest BCUT2D eigenvalue weighted by Gasteiger charge is 2.11. The molecule has 0 fully saturated rings. The van der Waals surface area contributed by atoms with Crippen molar-refractivity contribution < 1.29 is 20.1 Å². The number of hydrogen-bond donors (Lipinski definition) is 4. The smallest absolute Gasteiger partial charge is 0.423 e. The highest BCUT2D eigenvalue weighted by Crippen LogP contribution is 1.93. The Morgan fingerprint density at radius 1 is 0.750 bits per heavy atom. The van der Waals surface area contributed by atoms with Crippen LogP contribution < -0.4 is 10.9 Å². The maximum Gasteiger partial charge on any atom is 0.488 e. The van der Waals surface area contributed by atoms with E-state index in [9.17, 15) is 0 Å². The molecule has 0 aliphatic carbocycles. The molecular weight excluding hydrogens is 254 g/mol. The standard InChI is InChI=1S/2C7H9BO2/c1-6-3-2-4-7(5-6)8(9)10;1-6-4-2-3-5-7(6)8(9)10/h2*2-5,9-10H,1H3. The van der Waals surface area contributed by atoms with E-state index in [2.05, 4.69) is 0 Å². The van der Waals surface area contributed by atoms with E-state index >= 15 is 0 Å². The molecule has 0 spiro atoms. The zero-order valence-electron chi connectivity index (χ0n) is 11.6. The zero-order chi connectivity index (χ0) is 15.1. The number of rotatable bonds is 2. The van der Waals surface area contributed by atoms with Gasteiger partial charge in [-0.25, -0.2) is 0 Å². The van der Waals surface area contributed by atoms with Gasteiger partial charge in [-0.15, -0.1) is 0 Å². The molecule has 2 rings (SSSR count). The molecule has 4 nitrogen and oxygen atoms in total. The second-order valence-electron chi connectivity index (χ2n) is 4.52. The third-order valence-corrected chi connectivity index (χ3v) is 2.81. The van der Waals surface area contributed by atoms with Gasteiger partial charge in [0.25, 0.3) is 0 Å². The summed E-state index contributed by atoms with van der Waals surface area (Å²) < 4.78 is 0. The van der Waals surface area contributed by atoms with Gasteiger partial charge in [-0.05, 0) is 24.8 Å². The van der Waals surface area contributed by atoms with Crippen LogP contribution in [0.4, 0.5) is 0 Å². The summed E-state index contributed by atoms with van der Waals surface area (Å²) in [5.74, 6) is 0. The topological polar surface area (TPSA) is 80.9 Å². The van der Waals surface area contributed by atoms with Crippen LogP contribution in [0.15, 0.2) is 48.5 Å². The largest absolute Gasteiger partial charge is 0.488 e. The summed E-state index contributed by atoms with van der Waals surface area (Å²) >= 11 is 0. The summed E-state index contributed by atoms with van der Waals surface area (Å²) in [6, 6.07) is 14.3. The van der Waals surface area contributed by atoms with Crippen LogP contribution in [0.5, 0.6) is 0 Å². The Bertz CT molecular complexity index is 544. The minimum absolute atomic E-state index is 0.542. The van der Waals surface area contributed by atoms with E-state index in [1.807, 2.05) is 32.0 Å². The van der Waals surface area contributed by atoms with Gasteiger partial charge in [-0.1, -0.05) is 59.7 Å². The normalized spacial score (nSPS) is 9.50. The van der Waals surface area contributed by atoms with Gasteiger partial charge in [0.15, 0.2) is 0 Å². The third-order valence-electron chi connectivity index (χ3n) is 2.81. The first-order chi connectivity index (χ1) is 9.41. The lowest BCUT2D eigenvalue weighted by Gasteiger charge is -2.01. The molecule has 0 atom stereocenters. The Hall–Kier alpha value is -1.59. The quantitative estimate of drug-likeness (QED) is 0.548. The van der Waals surface area contributed by atoms with E-state index < -0.39 is 14.2 Å². The Kier molecular flexibility index (Phi) is 6.48. The summed E-state index contributed by atoms with van der Waals surface area (Å²) in [5.41, 5.74) is 3.05. The van der Waals surface area contributed by atoms with Crippen LogP contribution >= 0.6 is 0 Å². The van der Waals surface area contributed by atoms with E-state index in [-0.39, 0.29) is 0 Å². The minimum atomic E-state index is -1.35. The lowest BCUT2D eigenvalue weighted by Crippen LogP contribution is -2.31. The fourth-order valence-corrected chi connectivity index (χ4v) is 1.71. The molecule has 0 saturated carbocycles. The molecule has 0 aliphatic heterocycles. The van der Waals surface area contributed by atoms with Crippen molar-refractivity contribution >= 4 is 25.2 Å². The molecule has 0 aromatic heterocycles. The molecule has 104 valence electrons. The van der Waals surface area contributed by atoms with E-state index in [1.54, 1.807) is 30.3 Å². The minimum Gasteiger partial charge on any atom is -0.423 e. The SMILES string of the molecule is Cc1cccc(B(O)O)c1.Cc1ccccc1B(O)O.